The van der Waals surface area contributed by atoms with E-state index in [0.29, 0.717) is 17.1 Å². The van der Waals surface area contributed by atoms with Gasteiger partial charge >= 0.3 is 5.97 Å². The first-order chi connectivity index (χ1) is 13.4. The van der Waals surface area contributed by atoms with Crippen LogP contribution in [0.2, 0.25) is 0 Å². The van der Waals surface area contributed by atoms with Crippen LogP contribution in [0, 0.1) is 12.7 Å². The quantitative estimate of drug-likeness (QED) is 0.507. The van der Waals surface area contributed by atoms with Crippen LogP contribution in [0.15, 0.2) is 42.5 Å². The van der Waals surface area contributed by atoms with Crippen molar-refractivity contribution in [2.45, 2.75) is 13.0 Å². The Labute approximate surface area is 163 Å². The van der Waals surface area contributed by atoms with Gasteiger partial charge in [0.25, 0.3) is 0 Å². The molecule has 6 nitrogen and oxygen atoms in total. The zero-order valence-corrected chi connectivity index (χ0v) is 16.1. The number of hydrogen-bond donors (Lipinski definition) is 2. The summed E-state index contributed by atoms with van der Waals surface area (Å²) in [5.74, 6) is 0.216. The van der Waals surface area contributed by atoms with E-state index in [1.807, 2.05) is 0 Å². The number of halogens is 1. The number of nitrogens with one attached hydrogen (secondary N) is 1. The van der Waals surface area contributed by atoms with Crippen LogP contribution in [0.3, 0.4) is 0 Å². The maximum atomic E-state index is 13.3. The number of carbonyl (C=O) groups excluding carboxylic acids is 1. The van der Waals surface area contributed by atoms with Gasteiger partial charge in [-0.25, -0.2) is 9.18 Å². The van der Waals surface area contributed by atoms with Crippen LogP contribution >= 0.6 is 0 Å². The van der Waals surface area contributed by atoms with Crippen molar-refractivity contribution in [1.82, 2.24) is 0 Å². The van der Waals surface area contributed by atoms with E-state index in [4.69, 9.17) is 9.47 Å². The number of aliphatic hydroxyl groups is 1. The Morgan fingerprint density at radius 1 is 1.21 bits per heavy atom. The van der Waals surface area contributed by atoms with E-state index in [9.17, 15) is 14.3 Å². The fourth-order valence-corrected chi connectivity index (χ4v) is 2.37. The van der Waals surface area contributed by atoms with Crippen LogP contribution in [-0.2, 0) is 9.53 Å². The lowest BCUT2D eigenvalue weighted by Crippen LogP contribution is -2.26. The van der Waals surface area contributed by atoms with Crippen LogP contribution < -0.4 is 14.8 Å². The predicted molar refractivity (Wildman–Crippen MR) is 105 cm³/mol. The van der Waals surface area contributed by atoms with E-state index in [1.54, 1.807) is 43.3 Å². The van der Waals surface area contributed by atoms with Gasteiger partial charge in [-0.2, -0.15) is 0 Å². The molecule has 0 saturated carbocycles. The highest BCUT2D eigenvalue weighted by atomic mass is 19.1. The van der Waals surface area contributed by atoms with Gasteiger partial charge < -0.3 is 24.6 Å². The number of rotatable bonds is 9. The molecular formula is C21H24FNO5. The summed E-state index contributed by atoms with van der Waals surface area (Å²) in [7, 11) is 2.81. The summed E-state index contributed by atoms with van der Waals surface area (Å²) < 4.78 is 28.8. The fourth-order valence-electron chi connectivity index (χ4n) is 2.37. The number of carbonyl (C=O) groups is 1. The minimum atomic E-state index is -0.783. The molecule has 0 aromatic heterocycles. The molecule has 0 aliphatic heterocycles. The zero-order chi connectivity index (χ0) is 20.5. The normalized spacial score (nSPS) is 11.9. The van der Waals surface area contributed by atoms with Crippen molar-refractivity contribution >= 4 is 17.7 Å². The fraction of sp³-hybridized carbons (Fsp3) is 0.286. The Bertz CT molecular complexity index is 838. The molecule has 2 rings (SSSR count). The van der Waals surface area contributed by atoms with Gasteiger partial charge in [0, 0.05) is 18.3 Å². The van der Waals surface area contributed by atoms with Crippen LogP contribution in [0.4, 0.5) is 10.1 Å². The summed E-state index contributed by atoms with van der Waals surface area (Å²) in [4.78, 5) is 11.2. The van der Waals surface area contributed by atoms with Crippen LogP contribution in [-0.4, -0.2) is 44.6 Å². The van der Waals surface area contributed by atoms with Crippen molar-refractivity contribution in [2.75, 3.05) is 32.7 Å². The number of ether oxygens (including phenoxy) is 3. The zero-order valence-electron chi connectivity index (χ0n) is 16.1. The summed E-state index contributed by atoms with van der Waals surface area (Å²) in [6, 6.07) is 9.82. The second-order valence-electron chi connectivity index (χ2n) is 6.08. The molecule has 0 heterocycles. The van der Waals surface area contributed by atoms with Gasteiger partial charge in [0.05, 0.1) is 14.2 Å². The predicted octanol–water partition coefficient (Wildman–Crippen LogP) is 3.18. The Morgan fingerprint density at radius 3 is 2.68 bits per heavy atom. The highest BCUT2D eigenvalue weighted by molar-refractivity contribution is 5.87. The lowest BCUT2D eigenvalue weighted by molar-refractivity contribution is -0.134. The average Bonchev–Trinajstić information content (AvgIpc) is 2.71. The molecule has 2 aromatic rings. The lowest BCUT2D eigenvalue weighted by atomic mass is 10.2. The molecule has 1 unspecified atom stereocenters. The summed E-state index contributed by atoms with van der Waals surface area (Å²) >= 11 is 0. The molecule has 0 spiro atoms. The number of esters is 1. The second-order valence-corrected chi connectivity index (χ2v) is 6.08. The van der Waals surface area contributed by atoms with Gasteiger partial charge in [-0.05, 0) is 54.5 Å². The summed E-state index contributed by atoms with van der Waals surface area (Å²) in [6.07, 6.45) is 2.12. The minimum absolute atomic E-state index is 0.0425. The molecule has 2 N–H and O–H groups in total. The maximum Gasteiger partial charge on any atom is 0.330 e. The number of benzene rings is 2. The standard InChI is InChI=1S/C21H24FNO5/c1-14-10-16(6-7-18(14)22)23-12-17(24)13-28-19-8-4-15(11-20(19)26-2)5-9-21(25)27-3/h4-11,17,23-24H,12-13H2,1-3H3/b9-5+. The van der Waals surface area contributed by atoms with E-state index in [2.05, 4.69) is 10.1 Å². The number of aliphatic hydroxyl groups excluding tert-OH is 1. The molecule has 150 valence electrons. The van der Waals surface area contributed by atoms with Crippen molar-refractivity contribution in [3.05, 3.63) is 59.4 Å². The molecule has 0 amide bonds. The van der Waals surface area contributed by atoms with Gasteiger partial charge in [-0.3, -0.25) is 0 Å². The van der Waals surface area contributed by atoms with Crippen LogP contribution in [0.5, 0.6) is 11.5 Å². The molecule has 0 saturated heterocycles. The number of anilines is 1. The first-order valence-corrected chi connectivity index (χ1v) is 8.68. The molecule has 2 aromatic carbocycles. The SMILES string of the molecule is COC(=O)/C=C/c1ccc(OCC(O)CNc2ccc(F)c(C)c2)c(OC)c1. The molecule has 28 heavy (non-hydrogen) atoms. The van der Waals surface area contributed by atoms with Gasteiger partial charge in [0.1, 0.15) is 18.5 Å². The van der Waals surface area contributed by atoms with Crippen LogP contribution in [0.1, 0.15) is 11.1 Å². The number of methoxy groups -OCH3 is 2. The lowest BCUT2D eigenvalue weighted by Gasteiger charge is -2.16. The van der Waals surface area contributed by atoms with Crippen molar-refractivity contribution in [3.8, 4) is 11.5 Å². The number of hydrogen-bond acceptors (Lipinski definition) is 6. The first-order valence-electron chi connectivity index (χ1n) is 8.68. The Balaban J connectivity index is 1.90. The van der Waals surface area contributed by atoms with Gasteiger partial charge in [-0.1, -0.05) is 6.07 Å². The maximum absolute atomic E-state index is 13.3. The average molecular weight is 389 g/mol. The highest BCUT2D eigenvalue weighted by Gasteiger charge is 2.10. The summed E-state index contributed by atoms with van der Waals surface area (Å²) in [5, 5.41) is 13.2. The molecule has 0 aliphatic rings. The molecule has 1 atom stereocenters. The van der Waals surface area contributed by atoms with Crippen molar-refractivity contribution in [2.24, 2.45) is 0 Å². The Morgan fingerprint density at radius 2 is 2.00 bits per heavy atom. The van der Waals surface area contributed by atoms with Crippen LogP contribution in [0.25, 0.3) is 6.08 Å². The minimum Gasteiger partial charge on any atom is -0.493 e. The van der Waals surface area contributed by atoms with Crippen molar-refractivity contribution < 1.29 is 28.5 Å². The van der Waals surface area contributed by atoms with E-state index in [1.165, 1.54) is 26.4 Å². The van der Waals surface area contributed by atoms with Gasteiger partial charge in [0.2, 0.25) is 0 Å². The van der Waals surface area contributed by atoms with Crippen molar-refractivity contribution in [1.29, 1.82) is 0 Å². The van der Waals surface area contributed by atoms with E-state index < -0.39 is 12.1 Å². The van der Waals surface area contributed by atoms with E-state index in [0.717, 1.165) is 11.3 Å². The largest absolute Gasteiger partial charge is 0.493 e. The molecule has 0 bridgehead atoms. The van der Waals surface area contributed by atoms with Gasteiger partial charge in [0.15, 0.2) is 11.5 Å². The molecule has 0 aliphatic carbocycles. The second kappa shape index (κ2) is 10.3. The molecular weight excluding hydrogens is 365 g/mol. The third-order valence-electron chi connectivity index (χ3n) is 3.93. The summed E-state index contributed by atoms with van der Waals surface area (Å²) in [5.41, 5.74) is 1.99. The molecule has 0 fully saturated rings. The molecule has 7 heteroatoms. The van der Waals surface area contributed by atoms with E-state index in [-0.39, 0.29) is 19.0 Å². The van der Waals surface area contributed by atoms with E-state index >= 15 is 0 Å². The third kappa shape index (κ3) is 6.28. The highest BCUT2D eigenvalue weighted by Crippen LogP contribution is 2.28. The van der Waals surface area contributed by atoms with Gasteiger partial charge in [-0.15, -0.1) is 0 Å². The first kappa shape index (κ1) is 21.2. The summed E-state index contributed by atoms with van der Waals surface area (Å²) in [6.45, 7) is 1.96. The van der Waals surface area contributed by atoms with Crippen molar-refractivity contribution in [3.63, 3.8) is 0 Å². The number of aryl methyl sites for hydroxylation is 1. The Hall–Kier alpha value is -3.06. The smallest absolute Gasteiger partial charge is 0.330 e. The monoisotopic (exact) mass is 389 g/mol. The molecule has 0 radical (unpaired) electrons. The third-order valence-corrected chi connectivity index (χ3v) is 3.93. The topological polar surface area (TPSA) is 77.0 Å². The Kier molecular flexibility index (Phi) is 7.83.